The molecule has 328 valence electrons. The minimum Gasteiger partial charge on any atom is -0.726 e. The van der Waals surface area contributed by atoms with Crippen LogP contribution in [0, 0.1) is 0 Å². The van der Waals surface area contributed by atoms with Gasteiger partial charge in [-0.05, 0) is 0 Å². The van der Waals surface area contributed by atoms with Gasteiger partial charge in [0, 0.05) is 0 Å². The fourth-order valence-electron chi connectivity index (χ4n) is 4.21. The normalized spacial score (nSPS) is 26.8. The fraction of sp³-hybridized carbons (Fsp3) is 1.00. The Balaban J connectivity index is -0.000000784. The summed E-state index contributed by atoms with van der Waals surface area (Å²) in [4.78, 5) is 0. The largest absolute Gasteiger partial charge is 1.00 e. The molecule has 9 atom stereocenters. The zero-order valence-electron chi connectivity index (χ0n) is 32.8. The molecule has 2 saturated heterocycles. The van der Waals surface area contributed by atoms with E-state index >= 15 is 0 Å². The van der Waals surface area contributed by atoms with Crippen LogP contribution in [0.1, 0.15) is 0 Å². The van der Waals surface area contributed by atoms with Crippen LogP contribution < -0.4 is 411 Å². The minimum atomic E-state index is -6.58. The van der Waals surface area contributed by atoms with Crippen molar-refractivity contribution in [2.45, 2.75) is 54.8 Å². The molecule has 0 N–H and O–H groups in total. The molecule has 2 rings (SSSR count). The molecular formula is C12H14K8O35S8. The predicted molar refractivity (Wildman–Crippen MR) is 137 cm³/mol. The minimum absolute atomic E-state index is 0. The summed E-state index contributed by atoms with van der Waals surface area (Å²) in [5, 5.41) is 0. The smallest absolute Gasteiger partial charge is 0.726 e. The van der Waals surface area contributed by atoms with Crippen LogP contribution in [0.3, 0.4) is 0 Å². The van der Waals surface area contributed by atoms with Gasteiger partial charge in [-0.1, -0.05) is 0 Å². The molecule has 0 aromatic heterocycles. The maximum atomic E-state index is 11.7. The number of hydrogen-bond acceptors (Lipinski definition) is 35. The Morgan fingerprint density at radius 3 is 1.05 bits per heavy atom. The summed E-state index contributed by atoms with van der Waals surface area (Å²) in [5.74, 6) is -4.31. The molecule has 0 amide bonds. The zero-order valence-corrected chi connectivity index (χ0v) is 64.3. The van der Waals surface area contributed by atoms with E-state index in [-0.39, 0.29) is 411 Å². The average Bonchev–Trinajstić information content (AvgIpc) is 3.15. The van der Waals surface area contributed by atoms with E-state index < -0.39 is 158 Å². The Hall–Kier alpha value is 11.9. The fourth-order valence-corrected chi connectivity index (χ4v) is 7.60. The summed E-state index contributed by atoms with van der Waals surface area (Å²) in [6, 6.07) is 0. The molecule has 2 aliphatic rings. The van der Waals surface area contributed by atoms with Gasteiger partial charge in [-0.25, -0.2) is 67.3 Å². The van der Waals surface area contributed by atoms with Crippen molar-refractivity contribution in [3.05, 3.63) is 0 Å². The summed E-state index contributed by atoms with van der Waals surface area (Å²) in [7, 11) is -50.8. The number of hydrogen-bond donors (Lipinski definition) is 0. The Bertz CT molecular complexity index is 2310. The second-order valence-electron chi connectivity index (χ2n) is 9.49. The maximum absolute atomic E-state index is 11.7. The van der Waals surface area contributed by atoms with Crippen molar-refractivity contribution in [1.29, 1.82) is 0 Å². The van der Waals surface area contributed by atoms with Gasteiger partial charge in [0.2, 0.25) is 89.0 Å². The molecule has 2 heterocycles. The topological polar surface area (TPSA) is 559 Å². The Morgan fingerprint density at radius 1 is 0.381 bits per heavy atom. The average molecular weight is 1290 g/mol. The molecule has 0 bridgehead atoms. The first-order valence-corrected chi connectivity index (χ1v) is 22.9. The van der Waals surface area contributed by atoms with E-state index in [0.29, 0.717) is 0 Å². The van der Waals surface area contributed by atoms with Gasteiger partial charge >= 0.3 is 411 Å². The predicted octanol–water partition coefficient (Wildman–Crippen LogP) is -33.5. The summed E-state index contributed by atoms with van der Waals surface area (Å²) < 4.78 is 320. The van der Waals surface area contributed by atoms with Gasteiger partial charge in [0.25, 0.3) is 0 Å². The van der Waals surface area contributed by atoms with E-state index in [1.807, 2.05) is 0 Å². The van der Waals surface area contributed by atoms with Gasteiger partial charge < -0.3 is 50.6 Å². The Labute approximate surface area is 699 Å². The second-order valence-corrected chi connectivity index (χ2v) is 17.7. The van der Waals surface area contributed by atoms with Crippen LogP contribution in [0.4, 0.5) is 0 Å². The standard InChI is InChI=1S/C12H22O35S8.8K/c13-48(14,15)37-1-4-6(43-51(22,23)24)8(45-53(28,29)30)9(46-54(31,32)33)11(40-4)42-12(3-39-50(19,20)21)10(47-55(34,35)36)7(44-52(25,26)27)5(41-12)2-38-49(16,17)18;;;;;;;;/h4-11H,1-3H2,(H,13,14,15)(H,16,17,18)(H,19,20,21)(H,22,23,24)(H,25,26,27)(H,28,29,30)(H,31,32,33)(H,34,35,36);;;;;;;;/q;8*+1/p-8/t4-,5-,6-,7-,8+,9-,10+,11?,12+;;;;;;;;/m1......../s1. The summed E-state index contributed by atoms with van der Waals surface area (Å²) in [6.07, 6.45) is -27.5. The van der Waals surface area contributed by atoms with Crippen molar-refractivity contribution in [3.8, 4) is 0 Å². The first-order valence-electron chi connectivity index (χ1n) is 12.2. The van der Waals surface area contributed by atoms with Gasteiger partial charge in [0.15, 0.2) is 18.5 Å². The van der Waals surface area contributed by atoms with Crippen LogP contribution in [0.25, 0.3) is 0 Å². The van der Waals surface area contributed by atoms with E-state index in [1.54, 1.807) is 0 Å². The maximum Gasteiger partial charge on any atom is 1.00 e. The van der Waals surface area contributed by atoms with Crippen LogP contribution in [0.5, 0.6) is 0 Å². The Kier molecular flexibility index (Phi) is 51.3. The van der Waals surface area contributed by atoms with Crippen LogP contribution >= 0.6 is 0 Å². The summed E-state index contributed by atoms with van der Waals surface area (Å²) in [6.45, 7) is -6.74. The van der Waals surface area contributed by atoms with Gasteiger partial charge in [-0.2, -0.15) is 0 Å². The van der Waals surface area contributed by atoms with Crippen LogP contribution in [-0.4, -0.2) is 178 Å². The van der Waals surface area contributed by atoms with Crippen molar-refractivity contribution < 1.29 is 563 Å². The zero-order chi connectivity index (χ0) is 43.0. The van der Waals surface area contributed by atoms with Crippen LogP contribution in [-0.2, 0) is 131 Å². The van der Waals surface area contributed by atoms with Crippen molar-refractivity contribution >= 4 is 83.2 Å². The van der Waals surface area contributed by atoms with E-state index in [4.69, 9.17) is 14.2 Å². The molecule has 0 aromatic carbocycles. The summed E-state index contributed by atoms with van der Waals surface area (Å²) in [5.41, 5.74) is 0. The first-order chi connectivity index (χ1) is 24.2. The quantitative estimate of drug-likeness (QED) is 0.0585. The van der Waals surface area contributed by atoms with E-state index in [9.17, 15) is 104 Å². The molecule has 0 aromatic rings. The van der Waals surface area contributed by atoms with Crippen molar-refractivity contribution in [2.75, 3.05) is 19.8 Å². The molecular weight excluding hydrogens is 1270 g/mol. The molecule has 0 aliphatic carbocycles. The molecule has 0 saturated carbocycles. The molecule has 0 spiro atoms. The summed E-state index contributed by atoms with van der Waals surface area (Å²) >= 11 is 0. The van der Waals surface area contributed by atoms with Crippen LogP contribution in [0.2, 0.25) is 0 Å². The van der Waals surface area contributed by atoms with Crippen molar-refractivity contribution in [3.63, 3.8) is 0 Å². The molecule has 2 fully saturated rings. The second kappa shape index (κ2) is 36.4. The van der Waals surface area contributed by atoms with E-state index in [0.717, 1.165) is 0 Å². The van der Waals surface area contributed by atoms with Gasteiger partial charge in [-0.15, -0.1) is 0 Å². The van der Waals surface area contributed by atoms with Crippen LogP contribution in [0.15, 0.2) is 0 Å². The number of ether oxygens (including phenoxy) is 3. The van der Waals surface area contributed by atoms with Gasteiger partial charge in [0.05, 0.1) is 13.2 Å². The molecule has 35 nitrogen and oxygen atoms in total. The molecule has 63 heavy (non-hydrogen) atoms. The van der Waals surface area contributed by atoms with Gasteiger partial charge in [-0.3, -0.25) is 33.5 Å². The van der Waals surface area contributed by atoms with E-state index in [1.165, 1.54) is 0 Å². The molecule has 51 heteroatoms. The Morgan fingerprint density at radius 2 is 0.698 bits per heavy atom. The SMILES string of the molecule is O=S(=O)([O-])OC[C@H]1O[C@@](COS(=O)(=O)[O-])(OC2O[C@H](COS(=O)(=O)[O-])[C@@H](OS(=O)(=O)[O-])[C@H](OS(=O)(=O)[O-])[C@H]2OS(=O)(=O)[O-])[C@@H](OS(=O)(=O)[O-])[C@@H]1OS(=O)(=O)[O-].[K+].[K+].[K+].[K+].[K+].[K+].[K+].[K+]. The number of rotatable bonds is 21. The van der Waals surface area contributed by atoms with E-state index in [2.05, 4.69) is 33.5 Å². The third-order valence-corrected chi connectivity index (χ3v) is 9.18. The molecule has 1 unspecified atom stereocenters. The monoisotopic (exact) mass is 1290 g/mol. The van der Waals surface area contributed by atoms with Crippen molar-refractivity contribution in [1.82, 2.24) is 0 Å². The molecule has 2 aliphatic heterocycles. The third-order valence-electron chi connectivity index (χ3n) is 5.65. The first kappa shape index (κ1) is 88.8. The van der Waals surface area contributed by atoms with Gasteiger partial charge in [0.1, 0.15) is 37.1 Å². The third kappa shape index (κ3) is 38.3. The van der Waals surface area contributed by atoms with Crippen molar-refractivity contribution in [2.24, 2.45) is 0 Å². The molecule has 0 radical (unpaired) electrons.